The number of hydrogen-bond donors (Lipinski definition) is 1. The van der Waals surface area contributed by atoms with Crippen molar-refractivity contribution in [3.8, 4) is 5.75 Å². The fraction of sp³-hybridized carbons (Fsp3) is 0.625. The molecule has 108 valence electrons. The fourth-order valence-corrected chi connectivity index (χ4v) is 2.32. The van der Waals surface area contributed by atoms with Gasteiger partial charge in [0, 0.05) is 17.1 Å². The molecule has 0 aliphatic heterocycles. The fourth-order valence-electron chi connectivity index (χ4n) is 2.12. The summed E-state index contributed by atoms with van der Waals surface area (Å²) in [5.74, 6) is 1.60. The number of hydrogen-bond acceptors (Lipinski definition) is 2. The molecular formula is C16H26ClNO. The maximum Gasteiger partial charge on any atom is 0.123 e. The zero-order valence-electron chi connectivity index (χ0n) is 12.3. The van der Waals surface area contributed by atoms with Crippen LogP contribution in [-0.4, -0.2) is 13.7 Å². The quantitative estimate of drug-likeness (QED) is 0.712. The van der Waals surface area contributed by atoms with E-state index < -0.39 is 0 Å². The van der Waals surface area contributed by atoms with E-state index in [1.165, 1.54) is 25.7 Å². The summed E-state index contributed by atoms with van der Waals surface area (Å²) < 4.78 is 6.00. The first kappa shape index (κ1) is 16.3. The van der Waals surface area contributed by atoms with Crippen molar-refractivity contribution in [1.82, 2.24) is 5.32 Å². The van der Waals surface area contributed by atoms with Crippen LogP contribution in [0.3, 0.4) is 0 Å². The minimum atomic E-state index is 0.651. The summed E-state index contributed by atoms with van der Waals surface area (Å²) in [6.07, 6.45) is 4.96. The molecule has 1 aromatic carbocycles. The third-order valence-electron chi connectivity index (χ3n) is 3.41. The van der Waals surface area contributed by atoms with E-state index in [2.05, 4.69) is 19.2 Å². The molecule has 0 aliphatic rings. The van der Waals surface area contributed by atoms with Crippen LogP contribution in [-0.2, 0) is 6.54 Å². The largest absolute Gasteiger partial charge is 0.493 e. The molecule has 0 bridgehead atoms. The molecule has 19 heavy (non-hydrogen) atoms. The van der Waals surface area contributed by atoms with Crippen LogP contribution in [0, 0.1) is 5.92 Å². The van der Waals surface area contributed by atoms with Gasteiger partial charge < -0.3 is 10.1 Å². The maximum atomic E-state index is 6.03. The highest BCUT2D eigenvalue weighted by Gasteiger charge is 2.09. The van der Waals surface area contributed by atoms with Gasteiger partial charge in [0.1, 0.15) is 5.75 Å². The number of ether oxygens (including phenoxy) is 1. The minimum Gasteiger partial charge on any atom is -0.493 e. The first-order chi connectivity index (χ1) is 9.21. The normalized spacial score (nSPS) is 12.4. The number of rotatable bonds is 9. The Balaban J connectivity index is 2.60. The molecule has 0 saturated heterocycles. The van der Waals surface area contributed by atoms with Gasteiger partial charge in [-0.1, -0.05) is 44.7 Å². The second kappa shape index (κ2) is 9.22. The van der Waals surface area contributed by atoms with E-state index in [1.807, 2.05) is 25.2 Å². The molecule has 0 amide bonds. The van der Waals surface area contributed by atoms with Gasteiger partial charge in [-0.25, -0.2) is 0 Å². The Kier molecular flexibility index (Phi) is 7.92. The van der Waals surface area contributed by atoms with Crippen LogP contribution >= 0.6 is 11.6 Å². The van der Waals surface area contributed by atoms with Crippen LogP contribution in [0.4, 0.5) is 0 Å². The van der Waals surface area contributed by atoms with Crippen molar-refractivity contribution in [1.29, 1.82) is 0 Å². The summed E-state index contributed by atoms with van der Waals surface area (Å²) in [6, 6.07) is 5.84. The average molecular weight is 284 g/mol. The van der Waals surface area contributed by atoms with Crippen LogP contribution in [0.2, 0.25) is 5.02 Å². The lowest BCUT2D eigenvalue weighted by atomic mass is 10.0. The highest BCUT2D eigenvalue weighted by Crippen LogP contribution is 2.24. The van der Waals surface area contributed by atoms with E-state index in [9.17, 15) is 0 Å². The predicted octanol–water partition coefficient (Wildman–Crippen LogP) is 4.65. The molecule has 0 spiro atoms. The third-order valence-corrected chi connectivity index (χ3v) is 3.64. The zero-order valence-corrected chi connectivity index (χ0v) is 13.1. The summed E-state index contributed by atoms with van der Waals surface area (Å²) in [5, 5.41) is 3.91. The standard InChI is InChI=1S/C16H26ClNO/c1-4-6-7-13(5-2)12-19-16-9-8-15(17)10-14(16)11-18-3/h8-10,13,18H,4-7,11-12H2,1-3H3. The van der Waals surface area contributed by atoms with E-state index in [0.29, 0.717) is 5.92 Å². The number of nitrogens with one attached hydrogen (secondary N) is 1. The van der Waals surface area contributed by atoms with Crippen LogP contribution in [0.25, 0.3) is 0 Å². The molecule has 0 radical (unpaired) electrons. The molecule has 0 fully saturated rings. The van der Waals surface area contributed by atoms with Gasteiger partial charge in [-0.3, -0.25) is 0 Å². The molecule has 0 heterocycles. The van der Waals surface area contributed by atoms with Gasteiger partial charge in [-0.15, -0.1) is 0 Å². The maximum absolute atomic E-state index is 6.03. The zero-order chi connectivity index (χ0) is 14.1. The second-order valence-electron chi connectivity index (χ2n) is 5.01. The van der Waals surface area contributed by atoms with Crippen LogP contribution in [0.15, 0.2) is 18.2 Å². The molecule has 3 heteroatoms. The monoisotopic (exact) mass is 283 g/mol. The molecule has 2 nitrogen and oxygen atoms in total. The Morgan fingerprint density at radius 3 is 2.74 bits per heavy atom. The van der Waals surface area contributed by atoms with Gasteiger partial charge in [-0.2, -0.15) is 0 Å². The number of unbranched alkanes of at least 4 members (excludes halogenated alkanes) is 1. The van der Waals surface area contributed by atoms with Crippen molar-refractivity contribution in [2.45, 2.75) is 46.1 Å². The van der Waals surface area contributed by atoms with Crippen molar-refractivity contribution in [3.05, 3.63) is 28.8 Å². The van der Waals surface area contributed by atoms with E-state index >= 15 is 0 Å². The van der Waals surface area contributed by atoms with Crippen LogP contribution in [0.1, 0.15) is 45.1 Å². The summed E-state index contributed by atoms with van der Waals surface area (Å²) in [7, 11) is 1.93. The van der Waals surface area contributed by atoms with Crippen molar-refractivity contribution < 1.29 is 4.74 Å². The Hall–Kier alpha value is -0.730. The highest BCUT2D eigenvalue weighted by atomic mass is 35.5. The Morgan fingerprint density at radius 2 is 2.11 bits per heavy atom. The second-order valence-corrected chi connectivity index (χ2v) is 5.45. The van der Waals surface area contributed by atoms with E-state index in [4.69, 9.17) is 16.3 Å². The smallest absolute Gasteiger partial charge is 0.123 e. The summed E-state index contributed by atoms with van der Waals surface area (Å²) in [4.78, 5) is 0. The average Bonchev–Trinajstić information content (AvgIpc) is 2.41. The SMILES string of the molecule is CCCCC(CC)COc1ccc(Cl)cc1CNC. The van der Waals surface area contributed by atoms with Crippen molar-refractivity contribution >= 4 is 11.6 Å². The molecule has 1 rings (SSSR count). The molecule has 1 unspecified atom stereocenters. The van der Waals surface area contributed by atoms with Crippen LogP contribution < -0.4 is 10.1 Å². The van der Waals surface area contributed by atoms with E-state index in [0.717, 1.165) is 29.5 Å². The van der Waals surface area contributed by atoms with Crippen molar-refractivity contribution in [2.24, 2.45) is 5.92 Å². The lowest BCUT2D eigenvalue weighted by Crippen LogP contribution is -2.13. The lowest BCUT2D eigenvalue weighted by molar-refractivity contribution is 0.231. The molecular weight excluding hydrogens is 258 g/mol. The molecule has 0 aliphatic carbocycles. The van der Waals surface area contributed by atoms with Crippen LogP contribution in [0.5, 0.6) is 5.75 Å². The van der Waals surface area contributed by atoms with Gasteiger partial charge in [0.25, 0.3) is 0 Å². The Morgan fingerprint density at radius 1 is 1.32 bits per heavy atom. The topological polar surface area (TPSA) is 21.3 Å². The summed E-state index contributed by atoms with van der Waals surface area (Å²) in [5.41, 5.74) is 1.13. The highest BCUT2D eigenvalue weighted by molar-refractivity contribution is 6.30. The van der Waals surface area contributed by atoms with Gasteiger partial charge >= 0.3 is 0 Å². The molecule has 1 atom stereocenters. The van der Waals surface area contributed by atoms with Crippen molar-refractivity contribution in [2.75, 3.05) is 13.7 Å². The van der Waals surface area contributed by atoms with Gasteiger partial charge in [0.05, 0.1) is 6.61 Å². The third kappa shape index (κ3) is 5.84. The Bertz CT molecular complexity index is 368. The molecule has 1 N–H and O–H groups in total. The number of halogens is 1. The first-order valence-electron chi connectivity index (χ1n) is 7.27. The van der Waals surface area contributed by atoms with Crippen molar-refractivity contribution in [3.63, 3.8) is 0 Å². The molecule has 1 aromatic rings. The van der Waals surface area contributed by atoms with Gasteiger partial charge in [0.2, 0.25) is 0 Å². The van der Waals surface area contributed by atoms with Gasteiger partial charge in [0.15, 0.2) is 0 Å². The lowest BCUT2D eigenvalue weighted by Gasteiger charge is -2.17. The first-order valence-corrected chi connectivity index (χ1v) is 7.64. The van der Waals surface area contributed by atoms with Gasteiger partial charge in [-0.05, 0) is 37.6 Å². The summed E-state index contributed by atoms with van der Waals surface area (Å²) >= 11 is 6.03. The Labute approximate surface area is 122 Å². The van der Waals surface area contributed by atoms with E-state index in [1.54, 1.807) is 0 Å². The minimum absolute atomic E-state index is 0.651. The molecule has 0 saturated carbocycles. The summed E-state index contributed by atoms with van der Waals surface area (Å²) in [6.45, 7) is 6.05. The number of benzene rings is 1. The molecule has 0 aromatic heterocycles. The van der Waals surface area contributed by atoms with E-state index in [-0.39, 0.29) is 0 Å². The predicted molar refractivity (Wildman–Crippen MR) is 83.0 cm³/mol.